The second-order valence-electron chi connectivity index (χ2n) is 8.43. The quantitative estimate of drug-likeness (QED) is 0.841. The van der Waals surface area contributed by atoms with Crippen LogP contribution in [0.1, 0.15) is 50.2 Å². The third-order valence-electron chi connectivity index (χ3n) is 6.66. The number of aliphatic hydroxyl groups is 1. The van der Waals surface area contributed by atoms with Crippen LogP contribution in [0.2, 0.25) is 0 Å². The number of nitrogens with one attached hydrogen (secondary N) is 1. The average Bonchev–Trinajstić information content (AvgIpc) is 3.14. The fourth-order valence-corrected chi connectivity index (χ4v) is 4.80. The number of fused-ring (bicyclic) bond motifs is 3. The molecule has 0 heterocycles. The minimum Gasteiger partial charge on any atom is -0.449 e. The molecule has 1 amide bonds. The summed E-state index contributed by atoms with van der Waals surface area (Å²) in [5, 5.41) is 13.0. The normalized spacial score (nSPS) is 22.9. The zero-order valence-electron chi connectivity index (χ0n) is 16.0. The maximum absolute atomic E-state index is 12.6. The fourth-order valence-electron chi connectivity index (χ4n) is 4.80. The minimum atomic E-state index is -0.602. The Labute approximate surface area is 160 Å². The van der Waals surface area contributed by atoms with Crippen molar-refractivity contribution in [1.29, 1.82) is 0 Å². The number of hydrogen-bond acceptors (Lipinski definition) is 3. The molecular weight excluding hydrogens is 338 g/mol. The number of aliphatic hydroxyl groups excluding tert-OH is 1. The lowest BCUT2D eigenvalue weighted by Crippen LogP contribution is -2.57. The van der Waals surface area contributed by atoms with E-state index >= 15 is 0 Å². The van der Waals surface area contributed by atoms with E-state index in [0.29, 0.717) is 6.61 Å². The molecule has 1 saturated carbocycles. The van der Waals surface area contributed by atoms with E-state index < -0.39 is 11.6 Å². The summed E-state index contributed by atoms with van der Waals surface area (Å²) in [6, 6.07) is 16.6. The van der Waals surface area contributed by atoms with Crippen LogP contribution in [0.4, 0.5) is 4.79 Å². The van der Waals surface area contributed by atoms with Crippen molar-refractivity contribution in [3.05, 3.63) is 59.7 Å². The molecule has 1 atom stereocenters. The summed E-state index contributed by atoms with van der Waals surface area (Å²) in [4.78, 5) is 12.6. The van der Waals surface area contributed by atoms with E-state index in [1.54, 1.807) is 0 Å². The molecule has 2 aromatic rings. The van der Waals surface area contributed by atoms with Crippen molar-refractivity contribution in [1.82, 2.24) is 5.32 Å². The van der Waals surface area contributed by atoms with Gasteiger partial charge < -0.3 is 15.2 Å². The van der Waals surface area contributed by atoms with Crippen LogP contribution in [0.5, 0.6) is 0 Å². The van der Waals surface area contributed by atoms with E-state index in [9.17, 15) is 9.90 Å². The summed E-state index contributed by atoms with van der Waals surface area (Å²) in [5.41, 5.74) is 4.08. The molecule has 4 rings (SSSR count). The Morgan fingerprint density at radius 2 is 1.67 bits per heavy atom. The Morgan fingerprint density at radius 1 is 1.07 bits per heavy atom. The van der Waals surface area contributed by atoms with Gasteiger partial charge in [0.1, 0.15) is 6.61 Å². The molecule has 2 aliphatic rings. The van der Waals surface area contributed by atoms with E-state index in [4.69, 9.17) is 4.74 Å². The number of amides is 1. The van der Waals surface area contributed by atoms with Gasteiger partial charge in [0.15, 0.2) is 0 Å². The van der Waals surface area contributed by atoms with Crippen molar-refractivity contribution in [2.24, 2.45) is 5.41 Å². The Morgan fingerprint density at radius 3 is 2.19 bits per heavy atom. The monoisotopic (exact) mass is 365 g/mol. The molecule has 2 aliphatic carbocycles. The van der Waals surface area contributed by atoms with E-state index in [-0.39, 0.29) is 17.9 Å². The molecule has 1 fully saturated rings. The predicted molar refractivity (Wildman–Crippen MR) is 106 cm³/mol. The zero-order valence-corrected chi connectivity index (χ0v) is 16.0. The van der Waals surface area contributed by atoms with Gasteiger partial charge in [-0.2, -0.15) is 0 Å². The number of ether oxygens (including phenoxy) is 1. The highest BCUT2D eigenvalue weighted by Crippen LogP contribution is 2.46. The molecule has 142 valence electrons. The van der Waals surface area contributed by atoms with Crippen molar-refractivity contribution >= 4 is 6.09 Å². The minimum absolute atomic E-state index is 0.0461. The highest BCUT2D eigenvalue weighted by Gasteiger charge is 2.49. The Bertz CT molecular complexity index is 815. The SMILES string of the molecule is CC1(C)CCCC1(CO)NC(=O)OCC1c2ccccc2-c2ccccc21. The first-order valence-electron chi connectivity index (χ1n) is 9.71. The van der Waals surface area contributed by atoms with Gasteiger partial charge in [0.25, 0.3) is 0 Å². The number of alkyl carbamates (subject to hydrolysis) is 1. The number of hydrogen-bond donors (Lipinski definition) is 2. The Balaban J connectivity index is 1.50. The first-order chi connectivity index (χ1) is 13.0. The third-order valence-corrected chi connectivity index (χ3v) is 6.66. The van der Waals surface area contributed by atoms with Gasteiger partial charge in [-0.1, -0.05) is 68.8 Å². The summed E-state index contributed by atoms with van der Waals surface area (Å²) >= 11 is 0. The molecule has 2 aromatic carbocycles. The number of rotatable bonds is 4. The molecular formula is C23H27NO3. The van der Waals surface area contributed by atoms with E-state index in [1.807, 2.05) is 24.3 Å². The maximum atomic E-state index is 12.6. The molecule has 0 saturated heterocycles. The highest BCUT2D eigenvalue weighted by atomic mass is 16.5. The summed E-state index contributed by atoms with van der Waals surface area (Å²) in [5.74, 6) is 0.0461. The predicted octanol–water partition coefficient (Wildman–Crippen LogP) is 4.47. The van der Waals surface area contributed by atoms with Gasteiger partial charge in [-0.3, -0.25) is 0 Å². The van der Waals surface area contributed by atoms with Crippen LogP contribution in [0.15, 0.2) is 48.5 Å². The number of carbonyl (C=O) groups excluding carboxylic acids is 1. The molecule has 4 nitrogen and oxygen atoms in total. The molecule has 0 aliphatic heterocycles. The zero-order chi connectivity index (χ0) is 19.1. The molecule has 4 heteroatoms. The lowest BCUT2D eigenvalue weighted by Gasteiger charge is -2.40. The molecule has 0 radical (unpaired) electrons. The van der Waals surface area contributed by atoms with Crippen LogP contribution in [-0.4, -0.2) is 30.0 Å². The lowest BCUT2D eigenvalue weighted by molar-refractivity contribution is 0.0609. The van der Waals surface area contributed by atoms with Crippen LogP contribution >= 0.6 is 0 Å². The van der Waals surface area contributed by atoms with Crippen LogP contribution in [-0.2, 0) is 4.74 Å². The first kappa shape index (κ1) is 18.1. The molecule has 1 unspecified atom stereocenters. The van der Waals surface area contributed by atoms with Gasteiger partial charge >= 0.3 is 6.09 Å². The van der Waals surface area contributed by atoms with Crippen LogP contribution in [0.3, 0.4) is 0 Å². The molecule has 0 aromatic heterocycles. The lowest BCUT2D eigenvalue weighted by atomic mass is 9.75. The highest BCUT2D eigenvalue weighted by molar-refractivity contribution is 5.79. The van der Waals surface area contributed by atoms with Gasteiger partial charge in [-0.15, -0.1) is 0 Å². The topological polar surface area (TPSA) is 58.6 Å². The molecule has 27 heavy (non-hydrogen) atoms. The van der Waals surface area contributed by atoms with E-state index in [1.165, 1.54) is 22.3 Å². The third kappa shape index (κ3) is 2.92. The molecule has 0 spiro atoms. The number of benzene rings is 2. The molecule has 0 bridgehead atoms. The first-order valence-corrected chi connectivity index (χ1v) is 9.71. The summed E-state index contributed by atoms with van der Waals surface area (Å²) < 4.78 is 5.66. The summed E-state index contributed by atoms with van der Waals surface area (Å²) in [6.45, 7) is 4.42. The van der Waals surface area contributed by atoms with Crippen molar-refractivity contribution in [2.75, 3.05) is 13.2 Å². The van der Waals surface area contributed by atoms with Crippen molar-refractivity contribution in [3.63, 3.8) is 0 Å². The van der Waals surface area contributed by atoms with Gasteiger partial charge in [0.2, 0.25) is 0 Å². The largest absolute Gasteiger partial charge is 0.449 e. The molecule has 2 N–H and O–H groups in total. The second-order valence-corrected chi connectivity index (χ2v) is 8.43. The maximum Gasteiger partial charge on any atom is 0.407 e. The van der Waals surface area contributed by atoms with Gasteiger partial charge in [-0.25, -0.2) is 4.79 Å². The Kier molecular flexibility index (Phi) is 4.47. The van der Waals surface area contributed by atoms with Gasteiger partial charge in [0.05, 0.1) is 12.1 Å². The van der Waals surface area contributed by atoms with Crippen LogP contribution in [0, 0.1) is 5.41 Å². The van der Waals surface area contributed by atoms with Crippen molar-refractivity contribution in [2.45, 2.75) is 44.6 Å². The van der Waals surface area contributed by atoms with Gasteiger partial charge in [0, 0.05) is 5.92 Å². The fraction of sp³-hybridized carbons (Fsp3) is 0.435. The number of carbonyl (C=O) groups is 1. The van der Waals surface area contributed by atoms with Crippen molar-refractivity contribution < 1.29 is 14.6 Å². The van der Waals surface area contributed by atoms with E-state index in [2.05, 4.69) is 43.4 Å². The van der Waals surface area contributed by atoms with E-state index in [0.717, 1.165) is 19.3 Å². The summed E-state index contributed by atoms with van der Waals surface area (Å²) in [6.07, 6.45) is 2.32. The van der Waals surface area contributed by atoms with Gasteiger partial charge in [-0.05, 0) is 40.5 Å². The smallest absolute Gasteiger partial charge is 0.407 e. The Hall–Kier alpha value is -2.33. The summed E-state index contributed by atoms with van der Waals surface area (Å²) in [7, 11) is 0. The second kappa shape index (κ2) is 6.68. The average molecular weight is 365 g/mol. The van der Waals surface area contributed by atoms with Crippen LogP contribution < -0.4 is 5.32 Å². The van der Waals surface area contributed by atoms with Crippen molar-refractivity contribution in [3.8, 4) is 11.1 Å². The van der Waals surface area contributed by atoms with Crippen LogP contribution in [0.25, 0.3) is 11.1 Å². The standard InChI is InChI=1S/C23H27NO3/c1-22(2)12-7-13-23(22,15-25)24-21(26)27-14-20-18-10-5-3-8-16(18)17-9-4-6-11-19(17)20/h3-6,8-11,20,25H,7,12-15H2,1-2H3,(H,24,26).